The smallest absolute Gasteiger partial charge is 0.256 e. The van der Waals surface area contributed by atoms with Crippen LogP contribution in [0.4, 0.5) is 17.1 Å². The molecule has 0 unspecified atom stereocenters. The van der Waals surface area contributed by atoms with Crippen LogP contribution in [0.15, 0.2) is 82.0 Å². The molecule has 208 valence electrons. The second-order valence-corrected chi connectivity index (χ2v) is 11.1. The standard InChI is InChI=1S/C23H19N3O2S.C8H9BrN2O/c1-13-8-19(21(24)20(9-13)22(25)27)16-3-2-15-11-18(5-4-14(15)10-16)26-23(28)17-6-7-29-12-17;1-4-2-5(8(11)12)7(10)6(9)3-4/h2-12H,24H2,1H3,(H2,25,27)(H,26,28);2-3H,10H2,1H3,(H2,11,12). The number of thiophene rings is 1. The molecule has 5 aromatic rings. The third kappa shape index (κ3) is 6.74. The van der Waals surface area contributed by atoms with Gasteiger partial charge in [0.1, 0.15) is 0 Å². The van der Waals surface area contributed by atoms with Gasteiger partial charge < -0.3 is 28.3 Å². The molecule has 0 spiro atoms. The van der Waals surface area contributed by atoms with Gasteiger partial charge in [0.25, 0.3) is 17.7 Å². The molecule has 8 nitrogen and oxygen atoms in total. The van der Waals surface area contributed by atoms with Gasteiger partial charge in [-0.1, -0.05) is 18.2 Å². The number of anilines is 3. The van der Waals surface area contributed by atoms with Crippen LogP contribution in [0.25, 0.3) is 21.9 Å². The number of halogens is 1. The Morgan fingerprint density at radius 1 is 0.756 bits per heavy atom. The van der Waals surface area contributed by atoms with E-state index in [1.54, 1.807) is 18.2 Å². The molecule has 1 heterocycles. The number of fused-ring (bicyclic) bond motifs is 1. The fourth-order valence-corrected chi connectivity index (χ4v) is 5.50. The summed E-state index contributed by atoms with van der Waals surface area (Å²) in [4.78, 5) is 34.8. The lowest BCUT2D eigenvalue weighted by Crippen LogP contribution is -2.14. The Morgan fingerprint density at radius 2 is 1.37 bits per heavy atom. The third-order valence-corrected chi connectivity index (χ3v) is 7.66. The van der Waals surface area contributed by atoms with Crippen LogP contribution in [0.3, 0.4) is 0 Å². The van der Waals surface area contributed by atoms with Crippen LogP contribution < -0.4 is 28.3 Å². The molecular weight excluding hydrogens is 602 g/mol. The highest BCUT2D eigenvalue weighted by atomic mass is 79.9. The van der Waals surface area contributed by atoms with Crippen molar-refractivity contribution in [2.75, 3.05) is 16.8 Å². The van der Waals surface area contributed by atoms with E-state index in [9.17, 15) is 14.4 Å². The first kappa shape index (κ1) is 29.3. The van der Waals surface area contributed by atoms with Crippen molar-refractivity contribution in [3.05, 3.63) is 110 Å². The lowest BCUT2D eigenvalue weighted by Gasteiger charge is -2.12. The number of nitrogen functional groups attached to an aromatic ring is 2. The number of benzene rings is 4. The Labute approximate surface area is 249 Å². The Bertz CT molecular complexity index is 1800. The summed E-state index contributed by atoms with van der Waals surface area (Å²) >= 11 is 4.72. The molecule has 0 saturated carbocycles. The first-order valence-electron chi connectivity index (χ1n) is 12.4. The van der Waals surface area contributed by atoms with Gasteiger partial charge in [0.05, 0.1) is 28.1 Å². The number of primary amides is 2. The molecule has 0 fully saturated rings. The number of amides is 3. The zero-order valence-electron chi connectivity index (χ0n) is 22.3. The van der Waals surface area contributed by atoms with Crippen LogP contribution in [0.5, 0.6) is 0 Å². The molecule has 5 rings (SSSR count). The minimum absolute atomic E-state index is 0.131. The quantitative estimate of drug-likeness (QED) is 0.145. The van der Waals surface area contributed by atoms with E-state index >= 15 is 0 Å². The van der Waals surface area contributed by atoms with E-state index in [1.165, 1.54) is 11.3 Å². The third-order valence-electron chi connectivity index (χ3n) is 6.32. The van der Waals surface area contributed by atoms with E-state index in [0.717, 1.165) is 38.7 Å². The van der Waals surface area contributed by atoms with Crippen molar-refractivity contribution in [1.82, 2.24) is 0 Å². The summed E-state index contributed by atoms with van der Waals surface area (Å²) in [5, 5.41) is 8.59. The van der Waals surface area contributed by atoms with Crippen molar-refractivity contribution >= 4 is 72.8 Å². The molecule has 10 heteroatoms. The number of hydrogen-bond donors (Lipinski definition) is 5. The molecule has 0 bridgehead atoms. The first-order chi connectivity index (χ1) is 19.4. The second-order valence-electron chi connectivity index (χ2n) is 9.45. The molecular formula is C31H28BrN5O3S. The van der Waals surface area contributed by atoms with Gasteiger partial charge >= 0.3 is 0 Å². The SMILES string of the molecule is Cc1cc(Br)c(N)c(C(N)=O)c1.Cc1cc(C(N)=O)c(N)c(-c2ccc3cc(NC(=O)c4ccsc4)ccc3c2)c1. The number of rotatable bonds is 5. The van der Waals surface area contributed by atoms with Gasteiger partial charge in [-0.05, 0) is 111 Å². The van der Waals surface area contributed by atoms with Crippen LogP contribution in [-0.4, -0.2) is 17.7 Å². The summed E-state index contributed by atoms with van der Waals surface area (Å²) in [6.45, 7) is 3.77. The van der Waals surface area contributed by atoms with Gasteiger partial charge in [-0.3, -0.25) is 14.4 Å². The van der Waals surface area contributed by atoms with Gasteiger partial charge in [0, 0.05) is 21.1 Å². The summed E-state index contributed by atoms with van der Waals surface area (Å²) in [5.41, 5.74) is 28.8. The van der Waals surface area contributed by atoms with E-state index in [0.29, 0.717) is 32.5 Å². The van der Waals surface area contributed by atoms with E-state index in [-0.39, 0.29) is 5.91 Å². The number of aryl methyl sites for hydroxylation is 2. The van der Waals surface area contributed by atoms with E-state index in [1.807, 2.05) is 73.1 Å². The minimum Gasteiger partial charge on any atom is -0.398 e. The maximum Gasteiger partial charge on any atom is 0.256 e. The molecule has 0 atom stereocenters. The normalized spacial score (nSPS) is 10.5. The second kappa shape index (κ2) is 12.2. The summed E-state index contributed by atoms with van der Waals surface area (Å²) in [6, 6.07) is 20.6. The van der Waals surface area contributed by atoms with Crippen LogP contribution in [-0.2, 0) is 0 Å². The lowest BCUT2D eigenvalue weighted by molar-refractivity contribution is 0.0992. The van der Waals surface area contributed by atoms with Crippen LogP contribution in [0.2, 0.25) is 0 Å². The van der Waals surface area contributed by atoms with Crippen molar-refractivity contribution in [1.29, 1.82) is 0 Å². The van der Waals surface area contributed by atoms with Gasteiger partial charge in [-0.15, -0.1) is 0 Å². The number of hydrogen-bond acceptors (Lipinski definition) is 6. The monoisotopic (exact) mass is 629 g/mol. The number of carbonyl (C=O) groups excluding carboxylic acids is 3. The Hall–Kier alpha value is -4.67. The van der Waals surface area contributed by atoms with Crippen LogP contribution >= 0.6 is 27.3 Å². The summed E-state index contributed by atoms with van der Waals surface area (Å²) in [7, 11) is 0. The van der Waals surface area contributed by atoms with Crippen LogP contribution in [0.1, 0.15) is 42.2 Å². The molecule has 9 N–H and O–H groups in total. The minimum atomic E-state index is -0.542. The molecule has 1 aromatic heterocycles. The Kier molecular flexibility index (Phi) is 8.75. The summed E-state index contributed by atoms with van der Waals surface area (Å²) in [6.07, 6.45) is 0. The van der Waals surface area contributed by atoms with Gasteiger partial charge in [-0.2, -0.15) is 11.3 Å². The average molecular weight is 631 g/mol. The van der Waals surface area contributed by atoms with E-state index < -0.39 is 11.8 Å². The highest BCUT2D eigenvalue weighted by Gasteiger charge is 2.14. The van der Waals surface area contributed by atoms with Crippen molar-refractivity contribution in [3.63, 3.8) is 0 Å². The topological polar surface area (TPSA) is 167 Å². The summed E-state index contributed by atoms with van der Waals surface area (Å²) in [5.74, 6) is -1.18. The molecule has 0 radical (unpaired) electrons. The fourth-order valence-electron chi connectivity index (χ4n) is 4.29. The zero-order chi connectivity index (χ0) is 29.8. The van der Waals surface area contributed by atoms with Crippen LogP contribution in [0, 0.1) is 13.8 Å². The highest BCUT2D eigenvalue weighted by molar-refractivity contribution is 9.10. The maximum atomic E-state index is 12.3. The number of carbonyl (C=O) groups is 3. The molecule has 41 heavy (non-hydrogen) atoms. The van der Waals surface area contributed by atoms with E-state index in [2.05, 4.69) is 21.2 Å². The first-order valence-corrected chi connectivity index (χ1v) is 14.1. The molecule has 0 aliphatic rings. The maximum absolute atomic E-state index is 12.3. The van der Waals surface area contributed by atoms with Crippen molar-refractivity contribution < 1.29 is 14.4 Å². The van der Waals surface area contributed by atoms with Crippen molar-refractivity contribution in [2.45, 2.75) is 13.8 Å². The molecule has 4 aromatic carbocycles. The van der Waals surface area contributed by atoms with Gasteiger partial charge in [0.15, 0.2) is 0 Å². The molecule has 0 saturated heterocycles. The highest BCUT2D eigenvalue weighted by Crippen LogP contribution is 2.33. The predicted molar refractivity (Wildman–Crippen MR) is 171 cm³/mol. The average Bonchev–Trinajstić information content (AvgIpc) is 3.47. The number of nitrogens with one attached hydrogen (secondary N) is 1. The van der Waals surface area contributed by atoms with Crippen molar-refractivity contribution in [3.8, 4) is 11.1 Å². The van der Waals surface area contributed by atoms with Gasteiger partial charge in [0.2, 0.25) is 0 Å². The summed E-state index contributed by atoms with van der Waals surface area (Å²) < 4.78 is 0.705. The van der Waals surface area contributed by atoms with E-state index in [4.69, 9.17) is 22.9 Å². The largest absolute Gasteiger partial charge is 0.398 e. The zero-order valence-corrected chi connectivity index (χ0v) is 24.7. The van der Waals surface area contributed by atoms with Crippen molar-refractivity contribution in [2.24, 2.45) is 11.5 Å². The lowest BCUT2D eigenvalue weighted by atomic mass is 9.95. The fraction of sp³-hybridized carbons (Fsp3) is 0.0645. The molecule has 0 aliphatic carbocycles. The Morgan fingerprint density at radius 3 is 2.00 bits per heavy atom. The predicted octanol–water partition coefficient (Wildman–Crippen LogP) is 6.25. The molecule has 0 aliphatic heterocycles. The number of nitrogens with two attached hydrogens (primary N) is 4. The van der Waals surface area contributed by atoms with Gasteiger partial charge in [-0.25, -0.2) is 0 Å². The Balaban J connectivity index is 0.000000271. The molecule has 3 amide bonds.